The molecule has 2 nitrogen and oxygen atoms in total. The van der Waals surface area contributed by atoms with Crippen LogP contribution in [0.2, 0.25) is 0 Å². The van der Waals surface area contributed by atoms with Crippen molar-refractivity contribution in [2.75, 3.05) is 0 Å². The Bertz CT molecular complexity index is 412. The first-order valence-corrected chi connectivity index (χ1v) is 5.94. The van der Waals surface area contributed by atoms with E-state index in [-0.39, 0.29) is 18.3 Å². The first kappa shape index (κ1) is 12.4. The van der Waals surface area contributed by atoms with E-state index in [4.69, 9.17) is 5.73 Å². The fourth-order valence-electron chi connectivity index (χ4n) is 2.41. The summed E-state index contributed by atoms with van der Waals surface area (Å²) in [5.41, 5.74) is 8.56. The maximum atomic E-state index is 12.9. The smallest absolute Gasteiger partial charge is 0.245 e. The van der Waals surface area contributed by atoms with Gasteiger partial charge < -0.3 is 5.73 Å². The predicted molar refractivity (Wildman–Crippen MR) is 63.0 cm³/mol. The van der Waals surface area contributed by atoms with E-state index in [2.05, 4.69) is 4.98 Å². The molecule has 2 N–H and O–H groups in total. The Balaban J connectivity index is 2.06. The number of aryl methyl sites for hydroxylation is 1. The molecule has 0 bridgehead atoms. The van der Waals surface area contributed by atoms with E-state index in [0.717, 1.165) is 30.2 Å². The molecule has 94 valence electrons. The van der Waals surface area contributed by atoms with E-state index in [9.17, 15) is 8.78 Å². The van der Waals surface area contributed by atoms with Crippen LogP contribution in [0.25, 0.3) is 0 Å². The monoisotopic (exact) mass is 240 g/mol. The van der Waals surface area contributed by atoms with E-state index in [1.54, 1.807) is 6.20 Å². The van der Waals surface area contributed by atoms with Crippen molar-refractivity contribution >= 4 is 0 Å². The normalized spacial score (nSPS) is 23.8. The molecule has 0 radical (unpaired) electrons. The van der Waals surface area contributed by atoms with Crippen LogP contribution in [-0.4, -0.2) is 10.9 Å². The van der Waals surface area contributed by atoms with E-state index in [1.807, 2.05) is 13.0 Å². The van der Waals surface area contributed by atoms with Crippen molar-refractivity contribution in [3.63, 3.8) is 0 Å². The maximum absolute atomic E-state index is 12.9. The van der Waals surface area contributed by atoms with Crippen molar-refractivity contribution in [1.29, 1.82) is 0 Å². The average molecular weight is 240 g/mol. The zero-order valence-electron chi connectivity index (χ0n) is 10.2. The lowest BCUT2D eigenvalue weighted by Gasteiger charge is -2.10. The minimum atomic E-state index is -2.56. The first-order valence-electron chi connectivity index (χ1n) is 5.94. The third kappa shape index (κ3) is 3.00. The lowest BCUT2D eigenvalue weighted by Crippen LogP contribution is -2.11. The van der Waals surface area contributed by atoms with Crippen LogP contribution in [0.3, 0.4) is 0 Å². The van der Waals surface area contributed by atoms with Crippen molar-refractivity contribution < 1.29 is 8.78 Å². The Kier molecular flexibility index (Phi) is 3.17. The van der Waals surface area contributed by atoms with Gasteiger partial charge in [0.05, 0.1) is 0 Å². The van der Waals surface area contributed by atoms with Gasteiger partial charge in [0, 0.05) is 30.8 Å². The molecule has 1 aliphatic rings. The lowest BCUT2D eigenvalue weighted by atomic mass is 10.1. The van der Waals surface area contributed by atoms with Gasteiger partial charge in [-0.3, -0.25) is 4.98 Å². The summed E-state index contributed by atoms with van der Waals surface area (Å²) in [4.78, 5) is 4.37. The fourth-order valence-corrected chi connectivity index (χ4v) is 2.41. The highest BCUT2D eigenvalue weighted by atomic mass is 19.3. The van der Waals surface area contributed by atoms with Gasteiger partial charge in [0.25, 0.3) is 0 Å². The van der Waals surface area contributed by atoms with Gasteiger partial charge in [-0.2, -0.15) is 0 Å². The highest BCUT2D eigenvalue weighted by Gasteiger charge is 2.44. The van der Waals surface area contributed by atoms with Gasteiger partial charge in [0.15, 0.2) is 0 Å². The van der Waals surface area contributed by atoms with Gasteiger partial charge in [0.1, 0.15) is 0 Å². The SMILES string of the molecule is Cc1cc(CN)cnc1C1CC1CC(C)(F)F. The number of nitrogens with zero attached hydrogens (tertiary/aromatic N) is 1. The number of halogens is 2. The summed E-state index contributed by atoms with van der Waals surface area (Å²) in [7, 11) is 0. The quantitative estimate of drug-likeness (QED) is 0.878. The van der Waals surface area contributed by atoms with Gasteiger partial charge >= 0.3 is 0 Å². The molecule has 0 saturated heterocycles. The van der Waals surface area contributed by atoms with Crippen LogP contribution in [0.5, 0.6) is 0 Å². The van der Waals surface area contributed by atoms with Crippen LogP contribution < -0.4 is 5.73 Å². The van der Waals surface area contributed by atoms with Gasteiger partial charge in [-0.05, 0) is 37.3 Å². The number of hydrogen-bond acceptors (Lipinski definition) is 2. The second kappa shape index (κ2) is 4.33. The summed E-state index contributed by atoms with van der Waals surface area (Å²) in [6.45, 7) is 3.43. The number of alkyl halides is 2. The number of rotatable bonds is 4. The van der Waals surface area contributed by atoms with E-state index in [0.29, 0.717) is 6.54 Å². The topological polar surface area (TPSA) is 38.9 Å². The molecule has 1 aromatic rings. The molecule has 1 aromatic heterocycles. The van der Waals surface area contributed by atoms with Crippen LogP contribution >= 0.6 is 0 Å². The minimum absolute atomic E-state index is 0.0303. The van der Waals surface area contributed by atoms with Crippen molar-refractivity contribution in [3.8, 4) is 0 Å². The molecule has 1 fully saturated rings. The summed E-state index contributed by atoms with van der Waals surface area (Å²) in [5.74, 6) is -2.26. The molecule has 2 atom stereocenters. The Morgan fingerprint density at radius 1 is 1.53 bits per heavy atom. The molecule has 1 heterocycles. The largest absolute Gasteiger partial charge is 0.326 e. The van der Waals surface area contributed by atoms with Crippen molar-refractivity contribution in [1.82, 2.24) is 4.98 Å². The third-order valence-corrected chi connectivity index (χ3v) is 3.31. The molecule has 2 unspecified atom stereocenters. The number of pyridine rings is 1. The van der Waals surface area contributed by atoms with Gasteiger partial charge in [-0.25, -0.2) is 8.78 Å². The molecule has 1 aliphatic carbocycles. The van der Waals surface area contributed by atoms with Crippen molar-refractivity contribution in [2.24, 2.45) is 11.7 Å². The Morgan fingerprint density at radius 2 is 2.24 bits per heavy atom. The van der Waals surface area contributed by atoms with E-state index < -0.39 is 5.92 Å². The second-order valence-corrected chi connectivity index (χ2v) is 5.13. The fraction of sp³-hybridized carbons (Fsp3) is 0.615. The Labute approximate surface area is 100 Å². The van der Waals surface area contributed by atoms with Gasteiger partial charge in [-0.1, -0.05) is 6.07 Å². The van der Waals surface area contributed by atoms with Crippen molar-refractivity contribution in [3.05, 3.63) is 29.1 Å². The Hall–Kier alpha value is -1.03. The van der Waals surface area contributed by atoms with Crippen LogP contribution in [0.15, 0.2) is 12.3 Å². The van der Waals surface area contributed by atoms with Crippen LogP contribution in [0, 0.1) is 12.8 Å². The molecular formula is C13H18F2N2. The highest BCUT2D eigenvalue weighted by molar-refractivity contribution is 5.30. The summed E-state index contributed by atoms with van der Waals surface area (Å²) in [6.07, 6.45) is 2.55. The standard InChI is InChI=1S/C13H18F2N2/c1-8-3-9(6-16)7-17-12(8)11-4-10(11)5-13(2,14)15/h3,7,10-11H,4-6,16H2,1-2H3. The number of aromatic nitrogens is 1. The molecular weight excluding hydrogens is 222 g/mol. The summed E-state index contributed by atoms with van der Waals surface area (Å²) >= 11 is 0. The lowest BCUT2D eigenvalue weighted by molar-refractivity contribution is 0.00670. The van der Waals surface area contributed by atoms with E-state index in [1.165, 1.54) is 0 Å². The van der Waals surface area contributed by atoms with Crippen molar-refractivity contribution in [2.45, 2.75) is 45.1 Å². The molecule has 4 heteroatoms. The molecule has 0 spiro atoms. The van der Waals surface area contributed by atoms with Crippen LogP contribution in [-0.2, 0) is 6.54 Å². The molecule has 17 heavy (non-hydrogen) atoms. The molecule has 1 saturated carbocycles. The molecule has 2 rings (SSSR count). The maximum Gasteiger partial charge on any atom is 0.245 e. The molecule has 0 aliphatic heterocycles. The third-order valence-electron chi connectivity index (χ3n) is 3.31. The van der Waals surface area contributed by atoms with Gasteiger partial charge in [-0.15, -0.1) is 0 Å². The highest BCUT2D eigenvalue weighted by Crippen LogP contribution is 2.52. The van der Waals surface area contributed by atoms with Crippen LogP contribution in [0.4, 0.5) is 8.78 Å². The zero-order valence-corrected chi connectivity index (χ0v) is 10.2. The summed E-state index contributed by atoms with van der Waals surface area (Å²) in [6, 6.07) is 2.00. The predicted octanol–water partition coefficient (Wildman–Crippen LogP) is 3.00. The van der Waals surface area contributed by atoms with E-state index >= 15 is 0 Å². The average Bonchev–Trinajstić information content (AvgIpc) is 2.94. The molecule has 0 aromatic carbocycles. The zero-order chi connectivity index (χ0) is 12.6. The number of nitrogens with two attached hydrogens (primary N) is 1. The Morgan fingerprint density at radius 3 is 2.76 bits per heavy atom. The minimum Gasteiger partial charge on any atom is -0.326 e. The molecule has 0 amide bonds. The summed E-state index contributed by atoms with van der Waals surface area (Å²) in [5, 5.41) is 0. The number of hydrogen-bond donors (Lipinski definition) is 1. The summed E-state index contributed by atoms with van der Waals surface area (Å²) < 4.78 is 25.8. The first-order chi connectivity index (χ1) is 7.90. The van der Waals surface area contributed by atoms with Crippen LogP contribution in [0.1, 0.15) is 42.5 Å². The van der Waals surface area contributed by atoms with Gasteiger partial charge in [0.2, 0.25) is 5.92 Å². The second-order valence-electron chi connectivity index (χ2n) is 5.13.